The van der Waals surface area contributed by atoms with Crippen molar-refractivity contribution in [3.63, 3.8) is 0 Å². The number of hydrogen-bond acceptors (Lipinski definition) is 5. The molecule has 2 saturated heterocycles. The smallest absolute Gasteiger partial charge is 0.254 e. The van der Waals surface area contributed by atoms with Crippen LogP contribution in [0.25, 0.3) is 0 Å². The van der Waals surface area contributed by atoms with Gasteiger partial charge in [0, 0.05) is 44.2 Å². The van der Waals surface area contributed by atoms with Gasteiger partial charge < -0.3 is 19.1 Å². The summed E-state index contributed by atoms with van der Waals surface area (Å²) >= 11 is 0. The minimum Gasteiger partial charge on any atom is -0.490 e. The fourth-order valence-corrected chi connectivity index (χ4v) is 4.49. The molecule has 1 aromatic carbocycles. The van der Waals surface area contributed by atoms with Gasteiger partial charge >= 0.3 is 0 Å². The Bertz CT molecular complexity index is 670. The fraction of sp³-hybridized carbons (Fsp3) is 0.667. The molecule has 27 heavy (non-hydrogen) atoms. The van der Waals surface area contributed by atoms with E-state index in [0.29, 0.717) is 24.5 Å². The molecular formula is C21H30N2O4. The predicted molar refractivity (Wildman–Crippen MR) is 103 cm³/mol. The molecule has 0 saturated carbocycles. The number of rotatable bonds is 3. The van der Waals surface area contributed by atoms with E-state index in [1.165, 1.54) is 0 Å². The van der Waals surface area contributed by atoms with Crippen molar-refractivity contribution in [1.29, 1.82) is 0 Å². The highest BCUT2D eigenvalue weighted by molar-refractivity contribution is 5.95. The zero-order chi connectivity index (χ0) is 18.8. The molecule has 3 aliphatic heterocycles. The summed E-state index contributed by atoms with van der Waals surface area (Å²) in [6, 6.07) is 5.84. The molecule has 3 aliphatic rings. The average molecular weight is 374 g/mol. The Morgan fingerprint density at radius 3 is 2.59 bits per heavy atom. The molecule has 0 unspecified atom stereocenters. The zero-order valence-corrected chi connectivity index (χ0v) is 16.4. The molecule has 3 heterocycles. The summed E-state index contributed by atoms with van der Waals surface area (Å²) in [5.74, 6) is 1.52. The molecule has 0 bridgehead atoms. The van der Waals surface area contributed by atoms with Crippen molar-refractivity contribution in [2.45, 2.75) is 51.4 Å². The summed E-state index contributed by atoms with van der Waals surface area (Å²) in [5.41, 5.74) is 0.690. The molecule has 0 radical (unpaired) electrons. The van der Waals surface area contributed by atoms with Crippen LogP contribution in [0.4, 0.5) is 0 Å². The van der Waals surface area contributed by atoms with Crippen molar-refractivity contribution in [1.82, 2.24) is 9.80 Å². The highest BCUT2D eigenvalue weighted by atomic mass is 16.5. The molecule has 3 atom stereocenters. The third-order valence-corrected chi connectivity index (χ3v) is 5.60. The first-order chi connectivity index (χ1) is 13.1. The van der Waals surface area contributed by atoms with Crippen molar-refractivity contribution >= 4 is 5.91 Å². The first kappa shape index (κ1) is 18.6. The van der Waals surface area contributed by atoms with E-state index in [0.717, 1.165) is 51.2 Å². The Balaban J connectivity index is 1.45. The molecule has 6 heteroatoms. The van der Waals surface area contributed by atoms with Crippen LogP contribution in [-0.2, 0) is 4.74 Å². The van der Waals surface area contributed by atoms with Gasteiger partial charge in [-0.1, -0.05) is 0 Å². The number of carbonyl (C=O) groups excluding carboxylic acids is 1. The number of fused-ring (bicyclic) bond motifs is 1. The molecule has 1 aromatic rings. The Kier molecular flexibility index (Phi) is 5.55. The van der Waals surface area contributed by atoms with Crippen molar-refractivity contribution in [3.05, 3.63) is 23.8 Å². The maximum absolute atomic E-state index is 13.2. The zero-order valence-electron chi connectivity index (χ0n) is 16.4. The average Bonchev–Trinajstić information content (AvgIpc) is 2.95. The second-order valence-electron chi connectivity index (χ2n) is 7.98. The van der Waals surface area contributed by atoms with Crippen molar-refractivity contribution in [3.8, 4) is 11.5 Å². The number of morpholine rings is 1. The van der Waals surface area contributed by atoms with Gasteiger partial charge in [0.05, 0.1) is 25.4 Å². The number of likely N-dealkylation sites (tertiary alicyclic amines) is 1. The van der Waals surface area contributed by atoms with Crippen LogP contribution in [0.2, 0.25) is 0 Å². The highest BCUT2D eigenvalue weighted by Gasteiger charge is 2.33. The summed E-state index contributed by atoms with van der Waals surface area (Å²) in [7, 11) is 0. The van der Waals surface area contributed by atoms with Crippen LogP contribution < -0.4 is 9.47 Å². The van der Waals surface area contributed by atoms with E-state index in [9.17, 15) is 4.79 Å². The molecule has 148 valence electrons. The maximum atomic E-state index is 13.2. The van der Waals surface area contributed by atoms with Gasteiger partial charge in [-0.3, -0.25) is 9.69 Å². The van der Waals surface area contributed by atoms with Gasteiger partial charge in [0.1, 0.15) is 0 Å². The van der Waals surface area contributed by atoms with Crippen LogP contribution in [0.3, 0.4) is 0 Å². The van der Waals surface area contributed by atoms with E-state index in [2.05, 4.69) is 18.7 Å². The monoisotopic (exact) mass is 374 g/mol. The lowest BCUT2D eigenvalue weighted by molar-refractivity contribution is -0.0715. The molecule has 0 spiro atoms. The van der Waals surface area contributed by atoms with E-state index in [4.69, 9.17) is 14.2 Å². The number of ether oxygens (including phenoxy) is 3. The second kappa shape index (κ2) is 8.07. The van der Waals surface area contributed by atoms with Crippen LogP contribution in [0.5, 0.6) is 11.5 Å². The number of amides is 1. The summed E-state index contributed by atoms with van der Waals surface area (Å²) in [6.45, 7) is 9.16. The Hall–Kier alpha value is -1.79. The lowest BCUT2D eigenvalue weighted by Gasteiger charge is -2.38. The third kappa shape index (κ3) is 4.22. The molecule has 0 aliphatic carbocycles. The van der Waals surface area contributed by atoms with Crippen LogP contribution in [-0.4, -0.2) is 73.3 Å². The number of nitrogens with zero attached hydrogens (tertiary/aromatic N) is 2. The second-order valence-corrected chi connectivity index (χ2v) is 7.98. The van der Waals surface area contributed by atoms with Gasteiger partial charge in [0.25, 0.3) is 5.91 Å². The van der Waals surface area contributed by atoms with Crippen LogP contribution in [0.15, 0.2) is 18.2 Å². The molecule has 2 fully saturated rings. The fourth-order valence-electron chi connectivity index (χ4n) is 4.49. The molecular weight excluding hydrogens is 344 g/mol. The van der Waals surface area contributed by atoms with Gasteiger partial charge in [-0.2, -0.15) is 0 Å². The summed E-state index contributed by atoms with van der Waals surface area (Å²) in [5, 5.41) is 0. The maximum Gasteiger partial charge on any atom is 0.254 e. The van der Waals surface area contributed by atoms with E-state index in [-0.39, 0.29) is 24.2 Å². The van der Waals surface area contributed by atoms with E-state index < -0.39 is 0 Å². The lowest BCUT2D eigenvalue weighted by Crippen LogP contribution is -2.50. The van der Waals surface area contributed by atoms with E-state index >= 15 is 0 Å². The number of benzene rings is 1. The number of hydrogen-bond donors (Lipinski definition) is 0. The van der Waals surface area contributed by atoms with Gasteiger partial charge in [-0.05, 0) is 44.9 Å². The molecule has 1 amide bonds. The molecule has 6 nitrogen and oxygen atoms in total. The van der Waals surface area contributed by atoms with Crippen molar-refractivity contribution < 1.29 is 19.0 Å². The largest absolute Gasteiger partial charge is 0.490 e. The Morgan fingerprint density at radius 1 is 1.07 bits per heavy atom. The van der Waals surface area contributed by atoms with Crippen LogP contribution in [0, 0.1) is 0 Å². The summed E-state index contributed by atoms with van der Waals surface area (Å²) < 4.78 is 17.3. The first-order valence-corrected chi connectivity index (χ1v) is 10.2. The van der Waals surface area contributed by atoms with Crippen LogP contribution in [0.1, 0.15) is 43.5 Å². The predicted octanol–water partition coefficient (Wildman–Crippen LogP) is 2.56. The van der Waals surface area contributed by atoms with E-state index in [1.54, 1.807) is 0 Å². The van der Waals surface area contributed by atoms with Gasteiger partial charge in [-0.25, -0.2) is 0 Å². The summed E-state index contributed by atoms with van der Waals surface area (Å²) in [4.78, 5) is 17.7. The number of carbonyl (C=O) groups is 1. The summed E-state index contributed by atoms with van der Waals surface area (Å²) in [6.07, 6.45) is 3.50. The highest BCUT2D eigenvalue weighted by Crippen LogP contribution is 2.32. The van der Waals surface area contributed by atoms with Crippen LogP contribution >= 0.6 is 0 Å². The lowest BCUT2D eigenvalue weighted by atomic mass is 10.1. The molecule has 4 rings (SSSR count). The molecule has 0 aromatic heterocycles. The van der Waals surface area contributed by atoms with Crippen molar-refractivity contribution in [2.24, 2.45) is 0 Å². The van der Waals surface area contributed by atoms with E-state index in [1.807, 2.05) is 23.1 Å². The molecule has 0 N–H and O–H groups in total. The van der Waals surface area contributed by atoms with Crippen molar-refractivity contribution in [2.75, 3.05) is 39.4 Å². The first-order valence-electron chi connectivity index (χ1n) is 10.2. The Labute approximate surface area is 161 Å². The minimum atomic E-state index is 0.0995. The minimum absolute atomic E-state index is 0.0995. The van der Waals surface area contributed by atoms with Gasteiger partial charge in [0.2, 0.25) is 0 Å². The topological polar surface area (TPSA) is 51.2 Å². The van der Waals surface area contributed by atoms with Gasteiger partial charge in [0.15, 0.2) is 11.5 Å². The Morgan fingerprint density at radius 2 is 1.81 bits per heavy atom. The SMILES string of the molecule is C[C@@H]1CN(C[C@@H]2CCCN2C(=O)c2ccc3c(c2)OCCCO3)C[C@@H](C)O1. The standard InChI is InChI=1S/C21H30N2O4/c1-15-12-22(13-16(2)27-15)14-18-5-3-8-23(18)21(24)17-6-7-19-20(11-17)26-10-4-9-25-19/h6-7,11,15-16,18H,3-5,8-10,12-14H2,1-2H3/t15-,16-,18+/m1/s1. The third-order valence-electron chi connectivity index (χ3n) is 5.60. The quantitative estimate of drug-likeness (QED) is 0.814. The van der Waals surface area contributed by atoms with Gasteiger partial charge in [-0.15, -0.1) is 0 Å². The normalized spacial score (nSPS) is 28.8.